The van der Waals surface area contributed by atoms with Crippen LogP contribution in [-0.4, -0.2) is 95.5 Å². The summed E-state index contributed by atoms with van der Waals surface area (Å²) in [5.74, 6) is -0.204. The Morgan fingerprint density at radius 2 is 1.40 bits per heavy atom. The van der Waals surface area contributed by atoms with Crippen LogP contribution in [0.4, 0.5) is 0 Å². The highest BCUT2D eigenvalue weighted by atomic mass is 28.4. The summed E-state index contributed by atoms with van der Waals surface area (Å²) in [5, 5.41) is -0.276. The summed E-state index contributed by atoms with van der Waals surface area (Å²) >= 11 is 0. The molecular formula is C34H63N3O8Si3. The summed E-state index contributed by atoms with van der Waals surface area (Å²) in [6, 6.07) is 0.948. The predicted molar refractivity (Wildman–Crippen MR) is 198 cm³/mol. The Morgan fingerprint density at radius 3 is 1.85 bits per heavy atom. The molecule has 0 bridgehead atoms. The van der Waals surface area contributed by atoms with E-state index in [4.69, 9.17) is 22.8 Å². The van der Waals surface area contributed by atoms with E-state index in [-0.39, 0.29) is 27.1 Å². The van der Waals surface area contributed by atoms with Gasteiger partial charge in [0.1, 0.15) is 24.4 Å². The first kappa shape index (κ1) is 40.8. The lowest BCUT2D eigenvalue weighted by atomic mass is 10.1. The third-order valence-corrected chi connectivity index (χ3v) is 24.9. The fourth-order valence-electron chi connectivity index (χ4n) is 4.86. The molecule has 2 fully saturated rings. The highest BCUT2D eigenvalue weighted by Crippen LogP contribution is 2.48. The molecule has 1 amide bonds. The molecule has 2 aliphatic rings. The van der Waals surface area contributed by atoms with Gasteiger partial charge in [0, 0.05) is 19.3 Å². The molecule has 3 heterocycles. The average Bonchev–Trinajstić information content (AvgIpc) is 3.64. The van der Waals surface area contributed by atoms with E-state index < -0.39 is 72.9 Å². The SMILES string of the molecule is C=C[C@@H](CO[Si](C)(C)C(C)(C)C)N(C)C(=O)[C@H]1O[C@@H]1[C@H]1O[C@@H](n2ccc(=O)[nH]c2=O)[C@H](O[Si](C)(C)C(C)(C)C)[C@@H]1O[Si](C)(C)C(C)(C)C. The van der Waals surface area contributed by atoms with Crippen LogP contribution in [-0.2, 0) is 27.5 Å². The fourth-order valence-corrected chi connectivity index (χ4v) is 8.47. The molecule has 274 valence electrons. The number of rotatable bonds is 12. The van der Waals surface area contributed by atoms with Gasteiger partial charge in [-0.15, -0.1) is 6.58 Å². The molecule has 14 heteroatoms. The van der Waals surface area contributed by atoms with Gasteiger partial charge in [-0.2, -0.15) is 0 Å². The Hall–Kier alpha value is -1.66. The zero-order valence-corrected chi connectivity index (χ0v) is 35.3. The number of H-pyrrole nitrogens is 1. The third-order valence-electron chi connectivity index (χ3n) is 11.5. The van der Waals surface area contributed by atoms with E-state index in [1.54, 1.807) is 18.0 Å². The predicted octanol–water partition coefficient (Wildman–Crippen LogP) is 6.02. The molecule has 2 aliphatic heterocycles. The number of hydrogen-bond acceptors (Lipinski definition) is 8. The minimum absolute atomic E-state index is 0.0261. The standard InChI is InChI=1S/C34H63N3O8Si3/c1-18-22(21-41-46(12,13)32(2,3)4)36(11)29(39)27-25(42-27)24-26(44-47(14,15)33(5,6)7)28(45-48(16,17)34(8,9)10)30(43-24)37-20-19-23(38)35-31(37)40/h18-20,22,24-28,30H,1,21H2,2-17H3,(H,35,38,40)/t22-,24+,25+,26+,27-,28+,30+/m0/s1. The number of likely N-dealkylation sites (N-methyl/N-ethyl adjacent to an activating group) is 1. The van der Waals surface area contributed by atoms with Crippen molar-refractivity contribution in [2.75, 3.05) is 13.7 Å². The van der Waals surface area contributed by atoms with Gasteiger partial charge in [0.25, 0.3) is 11.5 Å². The highest BCUT2D eigenvalue weighted by Gasteiger charge is 2.63. The maximum atomic E-state index is 13.9. The molecular weight excluding hydrogens is 663 g/mol. The van der Waals surface area contributed by atoms with Crippen molar-refractivity contribution in [3.63, 3.8) is 0 Å². The summed E-state index contributed by atoms with van der Waals surface area (Å²) in [5.41, 5.74) is -1.11. The van der Waals surface area contributed by atoms with Crippen molar-refractivity contribution in [3.8, 4) is 0 Å². The first-order chi connectivity index (χ1) is 21.6. The third kappa shape index (κ3) is 8.61. The number of carbonyl (C=O) groups excluding carboxylic acids is 1. The second-order valence-corrected chi connectivity index (χ2v) is 32.4. The van der Waals surface area contributed by atoms with Crippen LogP contribution in [0.1, 0.15) is 68.5 Å². The lowest BCUT2D eigenvalue weighted by molar-refractivity contribution is -0.133. The van der Waals surface area contributed by atoms with Crippen molar-refractivity contribution in [2.45, 2.75) is 160 Å². The zero-order valence-electron chi connectivity index (χ0n) is 32.3. The van der Waals surface area contributed by atoms with E-state index in [9.17, 15) is 14.4 Å². The molecule has 1 aromatic rings. The number of aromatic nitrogens is 2. The molecule has 0 saturated carbocycles. The Balaban J connectivity index is 2.01. The number of nitrogens with zero attached hydrogens (tertiary/aromatic N) is 2. The van der Waals surface area contributed by atoms with Crippen LogP contribution in [0.2, 0.25) is 54.4 Å². The molecule has 3 rings (SSSR count). The molecule has 0 radical (unpaired) electrons. The van der Waals surface area contributed by atoms with Crippen molar-refractivity contribution in [1.29, 1.82) is 0 Å². The normalized spacial score (nSPS) is 26.3. The molecule has 1 aromatic heterocycles. The molecule has 48 heavy (non-hydrogen) atoms. The van der Waals surface area contributed by atoms with E-state index in [0.717, 1.165) is 0 Å². The van der Waals surface area contributed by atoms with E-state index in [0.29, 0.717) is 6.61 Å². The number of nitrogens with one attached hydrogen (secondary N) is 1. The molecule has 11 nitrogen and oxygen atoms in total. The van der Waals surface area contributed by atoms with Crippen molar-refractivity contribution >= 4 is 30.9 Å². The quantitative estimate of drug-likeness (QED) is 0.158. The minimum atomic E-state index is -2.46. The van der Waals surface area contributed by atoms with Gasteiger partial charge in [-0.05, 0) is 54.4 Å². The summed E-state index contributed by atoms with van der Waals surface area (Å²) in [4.78, 5) is 43.1. The van der Waals surface area contributed by atoms with Crippen LogP contribution in [0.25, 0.3) is 0 Å². The summed E-state index contributed by atoms with van der Waals surface area (Å²) in [6.45, 7) is 36.8. The minimum Gasteiger partial charge on any atom is -0.414 e. The number of hydrogen-bond donors (Lipinski definition) is 1. The van der Waals surface area contributed by atoms with Gasteiger partial charge in [0.2, 0.25) is 0 Å². The summed E-state index contributed by atoms with van der Waals surface area (Å²) < 4.78 is 34.8. The van der Waals surface area contributed by atoms with Crippen molar-refractivity contribution in [1.82, 2.24) is 14.5 Å². The van der Waals surface area contributed by atoms with Crippen LogP contribution in [0.5, 0.6) is 0 Å². The lowest BCUT2D eigenvalue weighted by Crippen LogP contribution is -2.54. The van der Waals surface area contributed by atoms with Crippen molar-refractivity contribution in [3.05, 3.63) is 45.8 Å². The van der Waals surface area contributed by atoms with Crippen molar-refractivity contribution < 1.29 is 27.5 Å². The first-order valence-electron chi connectivity index (χ1n) is 17.1. The van der Waals surface area contributed by atoms with Crippen molar-refractivity contribution in [2.24, 2.45) is 0 Å². The van der Waals surface area contributed by atoms with Crippen LogP contribution < -0.4 is 11.2 Å². The number of amides is 1. The molecule has 1 N–H and O–H groups in total. The fraction of sp³-hybridized carbons (Fsp3) is 0.794. The number of carbonyl (C=O) groups is 1. The Bertz CT molecular complexity index is 1440. The highest BCUT2D eigenvalue weighted by molar-refractivity contribution is 6.75. The number of aromatic amines is 1. The van der Waals surface area contributed by atoms with E-state index in [1.165, 1.54) is 16.8 Å². The van der Waals surface area contributed by atoms with Gasteiger partial charge < -0.3 is 27.7 Å². The van der Waals surface area contributed by atoms with Gasteiger partial charge in [-0.1, -0.05) is 68.4 Å². The first-order valence-corrected chi connectivity index (χ1v) is 25.8. The lowest BCUT2D eigenvalue weighted by Gasteiger charge is -2.44. The van der Waals surface area contributed by atoms with Gasteiger partial charge >= 0.3 is 5.69 Å². The maximum Gasteiger partial charge on any atom is 0.330 e. The van der Waals surface area contributed by atoms with Crippen LogP contribution in [0, 0.1) is 0 Å². The van der Waals surface area contributed by atoms with Gasteiger partial charge in [0.05, 0.1) is 12.6 Å². The topological polar surface area (TPSA) is 125 Å². The molecule has 2 saturated heterocycles. The van der Waals surface area contributed by atoms with Crippen LogP contribution in [0.3, 0.4) is 0 Å². The smallest absolute Gasteiger partial charge is 0.330 e. The van der Waals surface area contributed by atoms with E-state index >= 15 is 0 Å². The molecule has 0 spiro atoms. The van der Waals surface area contributed by atoms with Crippen LogP contribution >= 0.6 is 0 Å². The zero-order chi connectivity index (χ0) is 37.0. The van der Waals surface area contributed by atoms with Crippen LogP contribution in [0.15, 0.2) is 34.5 Å². The monoisotopic (exact) mass is 725 g/mol. The Labute approximate surface area is 291 Å². The second kappa shape index (κ2) is 13.8. The van der Waals surface area contributed by atoms with Gasteiger partial charge in [-0.25, -0.2) is 4.79 Å². The van der Waals surface area contributed by atoms with E-state index in [2.05, 4.69) is 113 Å². The molecule has 0 aromatic carbocycles. The summed E-state index contributed by atoms with van der Waals surface area (Å²) in [6.07, 6.45) is -1.22. The van der Waals surface area contributed by atoms with Gasteiger partial charge in [0.15, 0.2) is 37.3 Å². The molecule has 0 unspecified atom stereocenters. The number of epoxide rings is 1. The summed E-state index contributed by atoms with van der Waals surface area (Å²) in [7, 11) is -5.23. The molecule has 0 aliphatic carbocycles. The van der Waals surface area contributed by atoms with E-state index in [1.807, 2.05) is 0 Å². The Kier molecular flexibility index (Phi) is 11.7. The number of ether oxygens (including phenoxy) is 2. The second-order valence-electron chi connectivity index (χ2n) is 18.0. The Morgan fingerprint density at radius 1 is 0.896 bits per heavy atom. The average molecular weight is 726 g/mol. The van der Waals surface area contributed by atoms with Gasteiger partial charge in [-0.3, -0.25) is 19.1 Å². The largest absolute Gasteiger partial charge is 0.414 e. The maximum absolute atomic E-state index is 13.9. The molecule has 7 atom stereocenters.